The van der Waals surface area contributed by atoms with E-state index >= 15 is 0 Å². The van der Waals surface area contributed by atoms with E-state index in [1.807, 2.05) is 72.8 Å². The van der Waals surface area contributed by atoms with Crippen LogP contribution in [0.2, 0.25) is 0 Å². The van der Waals surface area contributed by atoms with Crippen molar-refractivity contribution < 1.29 is 28.5 Å². The van der Waals surface area contributed by atoms with Crippen molar-refractivity contribution in [1.29, 1.82) is 0 Å². The molecular weight excluding hydrogens is 528 g/mol. The second-order valence-corrected chi connectivity index (χ2v) is 9.84. The molecule has 4 rings (SSSR count). The average molecular weight is 563 g/mol. The third-order valence-corrected chi connectivity index (χ3v) is 6.64. The van der Waals surface area contributed by atoms with E-state index in [0.717, 1.165) is 33.4 Å². The molecule has 2 unspecified atom stereocenters. The third-order valence-electron chi connectivity index (χ3n) is 6.64. The molecule has 0 radical (unpaired) electrons. The Hall–Kier alpha value is -5.10. The van der Waals surface area contributed by atoms with Gasteiger partial charge in [-0.1, -0.05) is 98.1 Å². The summed E-state index contributed by atoms with van der Waals surface area (Å²) in [6.07, 6.45) is 2.08. The Balaban J connectivity index is 1.16. The lowest BCUT2D eigenvalue weighted by molar-refractivity contribution is 0.0390. The van der Waals surface area contributed by atoms with Crippen LogP contribution < -0.4 is 9.47 Å². The Labute approximate surface area is 246 Å². The molecule has 0 aromatic heterocycles. The molecule has 0 saturated carbocycles. The van der Waals surface area contributed by atoms with E-state index in [4.69, 9.17) is 18.9 Å². The molecule has 0 amide bonds. The minimum Gasteiger partial charge on any atom is -0.431 e. The van der Waals surface area contributed by atoms with Gasteiger partial charge in [-0.3, -0.25) is 0 Å². The summed E-state index contributed by atoms with van der Waals surface area (Å²) in [7, 11) is 0. The first-order valence-electron chi connectivity index (χ1n) is 13.8. The summed E-state index contributed by atoms with van der Waals surface area (Å²) in [6.45, 7) is 11.0. The lowest BCUT2D eigenvalue weighted by Crippen LogP contribution is -2.22. The van der Waals surface area contributed by atoms with Gasteiger partial charge in [-0.15, -0.1) is 0 Å². The highest BCUT2D eigenvalue weighted by atomic mass is 16.7. The van der Waals surface area contributed by atoms with Gasteiger partial charge < -0.3 is 18.9 Å². The molecule has 0 saturated heterocycles. The molecule has 0 spiro atoms. The van der Waals surface area contributed by atoms with Crippen LogP contribution in [0.3, 0.4) is 0 Å². The van der Waals surface area contributed by atoms with Crippen LogP contribution in [0.5, 0.6) is 11.5 Å². The Kier molecular flexibility index (Phi) is 10.3. The molecular formula is C36H34O6. The molecule has 0 aliphatic carbocycles. The minimum atomic E-state index is -0.793. The number of hydrogen-bond donors (Lipinski definition) is 0. The fourth-order valence-electron chi connectivity index (χ4n) is 4.21. The summed E-state index contributed by atoms with van der Waals surface area (Å²) in [5, 5.41) is 0. The van der Waals surface area contributed by atoms with Gasteiger partial charge in [0.05, 0.1) is 0 Å². The van der Waals surface area contributed by atoms with Gasteiger partial charge in [0.25, 0.3) is 0 Å². The van der Waals surface area contributed by atoms with Crippen LogP contribution >= 0.6 is 0 Å². The molecule has 0 aliphatic heterocycles. The van der Waals surface area contributed by atoms with Crippen LogP contribution in [0.15, 0.2) is 110 Å². The molecule has 214 valence electrons. The zero-order valence-corrected chi connectivity index (χ0v) is 23.8. The van der Waals surface area contributed by atoms with E-state index in [1.165, 1.54) is 0 Å². The second-order valence-electron chi connectivity index (χ2n) is 9.84. The largest absolute Gasteiger partial charge is 0.514 e. The molecule has 0 aliphatic rings. The van der Waals surface area contributed by atoms with Gasteiger partial charge in [-0.2, -0.15) is 0 Å². The number of carbonyl (C=O) groups is 2. The van der Waals surface area contributed by atoms with Gasteiger partial charge in [0, 0.05) is 0 Å². The molecule has 0 N–H and O–H groups in total. The molecule has 0 bridgehead atoms. The smallest absolute Gasteiger partial charge is 0.431 e. The predicted molar refractivity (Wildman–Crippen MR) is 166 cm³/mol. The van der Waals surface area contributed by atoms with Crippen molar-refractivity contribution in [3.8, 4) is 33.8 Å². The maximum atomic E-state index is 12.3. The van der Waals surface area contributed by atoms with Gasteiger partial charge in [0.1, 0.15) is 23.7 Å². The lowest BCUT2D eigenvalue weighted by Gasteiger charge is -2.17. The van der Waals surface area contributed by atoms with E-state index in [0.29, 0.717) is 24.3 Å². The van der Waals surface area contributed by atoms with Gasteiger partial charge >= 0.3 is 12.3 Å². The Bertz CT molecular complexity index is 1370. The Morgan fingerprint density at radius 2 is 0.833 bits per heavy atom. The van der Waals surface area contributed by atoms with Crippen LogP contribution in [-0.2, 0) is 9.47 Å². The highest BCUT2D eigenvalue weighted by molar-refractivity contribution is 5.69. The summed E-state index contributed by atoms with van der Waals surface area (Å²) in [5.74, 6) is 0.772. The Morgan fingerprint density at radius 1 is 0.548 bits per heavy atom. The molecule has 0 heterocycles. The van der Waals surface area contributed by atoms with Crippen molar-refractivity contribution in [2.24, 2.45) is 0 Å². The minimum absolute atomic E-state index is 0.386. The Morgan fingerprint density at radius 3 is 1.12 bits per heavy atom. The highest BCUT2D eigenvalue weighted by Crippen LogP contribution is 2.25. The molecule has 4 aromatic carbocycles. The number of carbonyl (C=O) groups excluding carboxylic acids is 2. The topological polar surface area (TPSA) is 71.1 Å². The SMILES string of the molecule is C=Cc1ccc(-c2ccc(OC(=O)OC(C)CCC(C)OC(=O)Oc3ccc(-c4ccc(C=C)cc4)cc3)cc2)cc1. The van der Waals surface area contributed by atoms with E-state index in [-0.39, 0.29) is 0 Å². The van der Waals surface area contributed by atoms with Crippen LogP contribution in [0.1, 0.15) is 37.8 Å². The van der Waals surface area contributed by atoms with E-state index < -0.39 is 24.5 Å². The van der Waals surface area contributed by atoms with Gasteiger partial charge in [-0.25, -0.2) is 9.59 Å². The van der Waals surface area contributed by atoms with Gasteiger partial charge in [0.15, 0.2) is 0 Å². The number of ether oxygens (including phenoxy) is 4. The van der Waals surface area contributed by atoms with Crippen LogP contribution in [-0.4, -0.2) is 24.5 Å². The van der Waals surface area contributed by atoms with Gasteiger partial charge in [0.2, 0.25) is 0 Å². The van der Waals surface area contributed by atoms with Crippen LogP contribution in [0.4, 0.5) is 9.59 Å². The zero-order chi connectivity index (χ0) is 29.9. The maximum Gasteiger partial charge on any atom is 0.514 e. The molecule has 42 heavy (non-hydrogen) atoms. The van der Waals surface area contributed by atoms with Crippen LogP contribution in [0.25, 0.3) is 34.4 Å². The quantitative estimate of drug-likeness (QED) is 0.134. The van der Waals surface area contributed by atoms with Crippen molar-refractivity contribution in [2.75, 3.05) is 0 Å². The van der Waals surface area contributed by atoms with Crippen molar-refractivity contribution in [3.05, 3.63) is 121 Å². The summed E-state index contributed by atoms with van der Waals surface area (Å²) >= 11 is 0. The molecule has 2 atom stereocenters. The summed E-state index contributed by atoms with van der Waals surface area (Å²) in [5.41, 5.74) is 6.19. The van der Waals surface area contributed by atoms with E-state index in [1.54, 1.807) is 50.3 Å². The lowest BCUT2D eigenvalue weighted by atomic mass is 10.0. The van der Waals surface area contributed by atoms with Crippen molar-refractivity contribution in [1.82, 2.24) is 0 Å². The monoisotopic (exact) mass is 562 g/mol. The maximum absolute atomic E-state index is 12.3. The number of benzene rings is 4. The fourth-order valence-corrected chi connectivity index (χ4v) is 4.21. The standard InChI is InChI=1S/C36H34O6/c1-5-27-9-13-29(14-10-27)31-17-21-33(22-18-31)41-35(37)39-25(3)7-8-26(4)40-36(38)42-34-23-19-32(20-24-34)30-15-11-28(6-2)12-16-30/h5-6,9-26H,1-2,7-8H2,3-4H3. The number of hydrogen-bond acceptors (Lipinski definition) is 6. The molecule has 6 heteroatoms. The second kappa shape index (κ2) is 14.5. The summed E-state index contributed by atoms with van der Waals surface area (Å²) in [6, 6.07) is 30.4. The van der Waals surface area contributed by atoms with Crippen molar-refractivity contribution >= 4 is 24.5 Å². The first-order valence-corrected chi connectivity index (χ1v) is 13.8. The molecule has 4 aromatic rings. The van der Waals surface area contributed by atoms with Crippen molar-refractivity contribution in [3.63, 3.8) is 0 Å². The molecule has 0 fully saturated rings. The number of rotatable bonds is 11. The highest BCUT2D eigenvalue weighted by Gasteiger charge is 2.17. The van der Waals surface area contributed by atoms with Crippen molar-refractivity contribution in [2.45, 2.75) is 38.9 Å². The van der Waals surface area contributed by atoms with E-state index in [9.17, 15) is 9.59 Å². The summed E-state index contributed by atoms with van der Waals surface area (Å²) in [4.78, 5) is 24.5. The van der Waals surface area contributed by atoms with E-state index in [2.05, 4.69) is 13.2 Å². The van der Waals surface area contributed by atoms with Gasteiger partial charge in [-0.05, 0) is 84.3 Å². The normalized spacial score (nSPS) is 12.0. The van der Waals surface area contributed by atoms with Crippen LogP contribution in [0, 0.1) is 0 Å². The zero-order valence-electron chi connectivity index (χ0n) is 23.8. The molecule has 6 nitrogen and oxygen atoms in total. The first kappa shape index (κ1) is 29.9. The predicted octanol–water partition coefficient (Wildman–Crippen LogP) is 9.59. The average Bonchev–Trinajstić information content (AvgIpc) is 3.01. The summed E-state index contributed by atoms with van der Waals surface area (Å²) < 4.78 is 21.3. The first-order chi connectivity index (χ1) is 20.3. The fraction of sp³-hybridized carbons (Fsp3) is 0.167. The third kappa shape index (κ3) is 8.70.